The molecule has 0 aliphatic rings. The smallest absolute Gasteiger partial charge is 0.329 e. The van der Waals surface area contributed by atoms with Crippen LogP contribution in [0.2, 0.25) is 0 Å². The number of hydrogen-bond acceptors (Lipinski definition) is 4. The van der Waals surface area contributed by atoms with E-state index < -0.39 is 17.4 Å². The first-order chi connectivity index (χ1) is 8.46. The fraction of sp³-hybridized carbons (Fsp3) is 0.833. The molecule has 0 aromatic rings. The Morgan fingerprint density at radius 2 is 1.83 bits per heavy atom. The zero-order chi connectivity index (χ0) is 14.0. The number of amides is 1. The van der Waals surface area contributed by atoms with Gasteiger partial charge in [-0.05, 0) is 20.3 Å². The molecule has 0 bridgehead atoms. The minimum Gasteiger partial charge on any atom is -0.480 e. The number of hydrogen-bond donors (Lipinski definition) is 2. The number of rotatable bonds is 10. The molecular weight excluding hydrogens is 238 g/mol. The van der Waals surface area contributed by atoms with Gasteiger partial charge in [-0.15, -0.1) is 0 Å². The van der Waals surface area contributed by atoms with Crippen LogP contribution in [0.3, 0.4) is 0 Å². The first-order valence-corrected chi connectivity index (χ1v) is 6.16. The van der Waals surface area contributed by atoms with Crippen LogP contribution in [-0.2, 0) is 19.1 Å². The lowest BCUT2D eigenvalue weighted by atomic mass is 9.96. The summed E-state index contributed by atoms with van der Waals surface area (Å²) in [6.45, 7) is 6.43. The minimum absolute atomic E-state index is 0.153. The van der Waals surface area contributed by atoms with Crippen molar-refractivity contribution in [1.82, 2.24) is 5.32 Å². The third kappa shape index (κ3) is 6.56. The van der Waals surface area contributed by atoms with Crippen molar-refractivity contribution < 1.29 is 24.2 Å². The highest BCUT2D eigenvalue weighted by molar-refractivity contribution is 5.87. The van der Waals surface area contributed by atoms with Gasteiger partial charge in [0, 0.05) is 6.61 Å². The molecule has 6 nitrogen and oxygen atoms in total. The molecule has 0 aromatic carbocycles. The van der Waals surface area contributed by atoms with E-state index in [-0.39, 0.29) is 6.61 Å². The Kier molecular flexibility index (Phi) is 8.32. The van der Waals surface area contributed by atoms with Gasteiger partial charge in [0.2, 0.25) is 5.91 Å². The SMILES string of the molecule is CCCC(C)(NC(=O)COCCOCC)C(=O)O. The molecule has 0 aliphatic carbocycles. The fourth-order valence-corrected chi connectivity index (χ4v) is 1.49. The van der Waals surface area contributed by atoms with Crippen molar-refractivity contribution in [2.45, 2.75) is 39.2 Å². The van der Waals surface area contributed by atoms with E-state index in [2.05, 4.69) is 5.32 Å². The van der Waals surface area contributed by atoms with Gasteiger partial charge in [-0.2, -0.15) is 0 Å². The first kappa shape index (κ1) is 16.9. The van der Waals surface area contributed by atoms with Gasteiger partial charge in [-0.1, -0.05) is 13.3 Å². The van der Waals surface area contributed by atoms with E-state index in [4.69, 9.17) is 14.6 Å². The molecule has 1 amide bonds. The van der Waals surface area contributed by atoms with E-state index in [0.29, 0.717) is 32.7 Å². The molecule has 18 heavy (non-hydrogen) atoms. The molecule has 0 heterocycles. The summed E-state index contributed by atoms with van der Waals surface area (Å²) in [6.07, 6.45) is 1.06. The Hall–Kier alpha value is -1.14. The van der Waals surface area contributed by atoms with Gasteiger partial charge < -0.3 is 19.9 Å². The quantitative estimate of drug-likeness (QED) is 0.568. The fourth-order valence-electron chi connectivity index (χ4n) is 1.49. The molecule has 0 saturated carbocycles. The Balaban J connectivity index is 4.00. The lowest BCUT2D eigenvalue weighted by Crippen LogP contribution is -2.53. The lowest BCUT2D eigenvalue weighted by molar-refractivity contribution is -0.148. The highest BCUT2D eigenvalue weighted by Gasteiger charge is 2.33. The zero-order valence-electron chi connectivity index (χ0n) is 11.3. The molecule has 0 spiro atoms. The van der Waals surface area contributed by atoms with Crippen molar-refractivity contribution in [2.24, 2.45) is 0 Å². The predicted octanol–water partition coefficient (Wildman–Crippen LogP) is 0.799. The maximum atomic E-state index is 11.5. The summed E-state index contributed by atoms with van der Waals surface area (Å²) in [7, 11) is 0. The van der Waals surface area contributed by atoms with Gasteiger partial charge in [0.05, 0.1) is 13.2 Å². The summed E-state index contributed by atoms with van der Waals surface area (Å²) in [5.74, 6) is -1.46. The summed E-state index contributed by atoms with van der Waals surface area (Å²) < 4.78 is 10.1. The first-order valence-electron chi connectivity index (χ1n) is 6.16. The minimum atomic E-state index is -1.23. The summed E-state index contributed by atoms with van der Waals surface area (Å²) in [6, 6.07) is 0. The van der Waals surface area contributed by atoms with Gasteiger partial charge >= 0.3 is 5.97 Å². The lowest BCUT2D eigenvalue weighted by Gasteiger charge is -2.25. The number of ether oxygens (including phenoxy) is 2. The second kappa shape index (κ2) is 8.88. The van der Waals surface area contributed by atoms with Crippen molar-refractivity contribution in [3.05, 3.63) is 0 Å². The van der Waals surface area contributed by atoms with E-state index in [9.17, 15) is 9.59 Å². The molecule has 2 N–H and O–H groups in total. The molecule has 106 valence electrons. The van der Waals surface area contributed by atoms with Crippen molar-refractivity contribution in [3.8, 4) is 0 Å². The van der Waals surface area contributed by atoms with E-state index in [1.807, 2.05) is 13.8 Å². The molecule has 1 unspecified atom stereocenters. The van der Waals surface area contributed by atoms with Crippen molar-refractivity contribution in [2.75, 3.05) is 26.4 Å². The van der Waals surface area contributed by atoms with Gasteiger partial charge in [0.15, 0.2) is 0 Å². The van der Waals surface area contributed by atoms with Crippen LogP contribution >= 0.6 is 0 Å². The van der Waals surface area contributed by atoms with Crippen LogP contribution in [0.15, 0.2) is 0 Å². The largest absolute Gasteiger partial charge is 0.480 e. The number of carbonyl (C=O) groups excluding carboxylic acids is 1. The van der Waals surface area contributed by atoms with Crippen molar-refractivity contribution in [3.63, 3.8) is 0 Å². The average molecular weight is 261 g/mol. The molecule has 1 atom stereocenters. The van der Waals surface area contributed by atoms with E-state index in [1.54, 1.807) is 0 Å². The highest BCUT2D eigenvalue weighted by atomic mass is 16.5. The average Bonchev–Trinajstić information content (AvgIpc) is 2.28. The van der Waals surface area contributed by atoms with Crippen molar-refractivity contribution >= 4 is 11.9 Å². The Bertz CT molecular complexity index is 269. The Labute approximate surface area is 108 Å². The van der Waals surface area contributed by atoms with E-state index in [1.165, 1.54) is 6.92 Å². The molecule has 6 heteroatoms. The van der Waals surface area contributed by atoms with Crippen LogP contribution < -0.4 is 5.32 Å². The van der Waals surface area contributed by atoms with Crippen LogP contribution in [0.5, 0.6) is 0 Å². The van der Waals surface area contributed by atoms with Gasteiger partial charge in [-0.25, -0.2) is 4.79 Å². The number of carboxylic acid groups (broad SMARTS) is 1. The molecule has 0 aliphatic heterocycles. The van der Waals surface area contributed by atoms with Crippen LogP contribution in [0.1, 0.15) is 33.6 Å². The van der Waals surface area contributed by atoms with Crippen LogP contribution in [0, 0.1) is 0 Å². The second-order valence-corrected chi connectivity index (χ2v) is 4.18. The molecule has 0 radical (unpaired) electrons. The summed E-state index contributed by atoms with van der Waals surface area (Å²) >= 11 is 0. The van der Waals surface area contributed by atoms with Gasteiger partial charge in [-0.3, -0.25) is 4.79 Å². The van der Waals surface area contributed by atoms with Gasteiger partial charge in [0.1, 0.15) is 12.1 Å². The van der Waals surface area contributed by atoms with Gasteiger partial charge in [0.25, 0.3) is 0 Å². The zero-order valence-corrected chi connectivity index (χ0v) is 11.3. The third-order valence-corrected chi connectivity index (χ3v) is 2.45. The van der Waals surface area contributed by atoms with E-state index >= 15 is 0 Å². The summed E-state index contributed by atoms with van der Waals surface area (Å²) in [4.78, 5) is 22.6. The topological polar surface area (TPSA) is 84.9 Å². The number of carboxylic acids is 1. The Morgan fingerprint density at radius 3 is 2.33 bits per heavy atom. The summed E-state index contributed by atoms with van der Waals surface area (Å²) in [5.41, 5.74) is -1.23. The summed E-state index contributed by atoms with van der Waals surface area (Å²) in [5, 5.41) is 11.6. The maximum absolute atomic E-state index is 11.5. The third-order valence-electron chi connectivity index (χ3n) is 2.45. The molecule has 0 fully saturated rings. The maximum Gasteiger partial charge on any atom is 0.329 e. The Morgan fingerprint density at radius 1 is 1.22 bits per heavy atom. The van der Waals surface area contributed by atoms with Crippen LogP contribution in [0.4, 0.5) is 0 Å². The van der Waals surface area contributed by atoms with E-state index in [0.717, 1.165) is 0 Å². The normalized spacial score (nSPS) is 13.9. The van der Waals surface area contributed by atoms with Crippen LogP contribution in [0.25, 0.3) is 0 Å². The second-order valence-electron chi connectivity index (χ2n) is 4.18. The van der Waals surface area contributed by atoms with Crippen molar-refractivity contribution in [1.29, 1.82) is 0 Å². The highest BCUT2D eigenvalue weighted by Crippen LogP contribution is 2.12. The molecule has 0 saturated heterocycles. The molecular formula is C12H23NO5. The van der Waals surface area contributed by atoms with Crippen LogP contribution in [-0.4, -0.2) is 48.9 Å². The number of nitrogens with one attached hydrogen (secondary N) is 1. The molecule has 0 rings (SSSR count). The predicted molar refractivity (Wildman–Crippen MR) is 66.4 cm³/mol. The number of carbonyl (C=O) groups is 2. The number of aliphatic carboxylic acids is 1. The molecule has 0 aromatic heterocycles. The standard InChI is InChI=1S/C12H23NO5/c1-4-6-12(3,11(15)16)13-10(14)9-18-8-7-17-5-2/h4-9H2,1-3H3,(H,13,14)(H,15,16). The monoisotopic (exact) mass is 261 g/mol.